The molecule has 5 heteroatoms. The van der Waals surface area contributed by atoms with E-state index in [1.54, 1.807) is 0 Å². The minimum Gasteiger partial charge on any atom is -0.412 e. The van der Waals surface area contributed by atoms with E-state index in [0.29, 0.717) is 6.10 Å². The Balaban J connectivity index is 2.05. The molecule has 0 unspecified atom stereocenters. The molecule has 0 bridgehead atoms. The highest BCUT2D eigenvalue weighted by atomic mass is 79.9. The van der Waals surface area contributed by atoms with E-state index < -0.39 is 8.32 Å². The zero-order valence-corrected chi connectivity index (χ0v) is 16.4. The summed E-state index contributed by atoms with van der Waals surface area (Å²) in [5, 5.41) is 0.273. The van der Waals surface area contributed by atoms with Crippen molar-refractivity contribution in [3.8, 4) is 0 Å². The largest absolute Gasteiger partial charge is 0.412 e. The first kappa shape index (κ1) is 17.0. The maximum absolute atomic E-state index is 6.60. The molecule has 2 heterocycles. The van der Waals surface area contributed by atoms with Crippen molar-refractivity contribution in [2.45, 2.75) is 57.8 Å². The average Bonchev–Trinajstić information content (AvgIpc) is 2.37. The van der Waals surface area contributed by atoms with Crippen molar-refractivity contribution in [2.75, 3.05) is 18.0 Å². The van der Waals surface area contributed by atoms with Gasteiger partial charge in [0.2, 0.25) is 0 Å². The number of piperidine rings is 1. The summed E-state index contributed by atoms with van der Waals surface area (Å²) in [5.41, 5.74) is 1.24. The molecule has 21 heavy (non-hydrogen) atoms. The van der Waals surface area contributed by atoms with Crippen molar-refractivity contribution in [1.29, 1.82) is 0 Å². The van der Waals surface area contributed by atoms with Gasteiger partial charge in [-0.1, -0.05) is 20.8 Å². The number of anilines is 1. The Kier molecular flexibility index (Phi) is 5.16. The number of halogens is 1. The third-order valence-corrected chi connectivity index (χ3v) is 9.69. The lowest BCUT2D eigenvalue weighted by Gasteiger charge is -2.43. The van der Waals surface area contributed by atoms with Gasteiger partial charge in [0.05, 0.1) is 6.10 Å². The molecule has 3 nitrogen and oxygen atoms in total. The smallest absolute Gasteiger partial charge is 0.192 e. The summed E-state index contributed by atoms with van der Waals surface area (Å²) in [5.74, 6) is 0. The minimum absolute atomic E-state index is 0.273. The lowest BCUT2D eigenvalue weighted by Crippen LogP contribution is -2.49. The van der Waals surface area contributed by atoms with Crippen molar-refractivity contribution in [3.05, 3.63) is 22.9 Å². The molecule has 1 atom stereocenters. The van der Waals surface area contributed by atoms with Crippen molar-refractivity contribution in [2.24, 2.45) is 0 Å². The van der Waals surface area contributed by atoms with Gasteiger partial charge in [0, 0.05) is 25.0 Å². The lowest BCUT2D eigenvalue weighted by molar-refractivity contribution is 0.160. The summed E-state index contributed by atoms with van der Waals surface area (Å²) >= 11 is 3.46. The highest BCUT2D eigenvalue weighted by molar-refractivity contribution is 9.10. The Morgan fingerprint density at radius 1 is 1.38 bits per heavy atom. The molecular formula is C16H27BrN2OSi. The average molecular weight is 371 g/mol. The third-order valence-electron chi connectivity index (χ3n) is 4.72. The third kappa shape index (κ3) is 4.30. The molecule has 0 radical (unpaired) electrons. The highest BCUT2D eigenvalue weighted by Crippen LogP contribution is 2.38. The van der Waals surface area contributed by atoms with E-state index >= 15 is 0 Å². The number of hydrogen-bond donors (Lipinski definition) is 0. The summed E-state index contributed by atoms with van der Waals surface area (Å²) in [6.45, 7) is 13.7. The molecule has 0 saturated carbocycles. The first-order valence-electron chi connectivity index (χ1n) is 7.73. The Bertz CT molecular complexity index is 487. The van der Waals surface area contributed by atoms with E-state index in [-0.39, 0.29) is 5.04 Å². The van der Waals surface area contributed by atoms with Crippen LogP contribution in [0.4, 0.5) is 5.69 Å². The molecule has 2 rings (SSSR count). The van der Waals surface area contributed by atoms with Gasteiger partial charge in [0.15, 0.2) is 8.32 Å². The van der Waals surface area contributed by atoms with E-state index in [9.17, 15) is 0 Å². The molecule has 1 fully saturated rings. The van der Waals surface area contributed by atoms with Gasteiger partial charge in [-0.15, -0.1) is 0 Å². The second kappa shape index (κ2) is 6.38. The van der Waals surface area contributed by atoms with Crippen LogP contribution in [0.5, 0.6) is 0 Å². The molecule has 1 aliphatic heterocycles. The molecule has 1 aromatic rings. The van der Waals surface area contributed by atoms with Gasteiger partial charge in [-0.25, -0.2) is 4.98 Å². The summed E-state index contributed by atoms with van der Waals surface area (Å²) in [6, 6.07) is 4.17. The molecule has 0 amide bonds. The number of hydrogen-bond acceptors (Lipinski definition) is 3. The van der Waals surface area contributed by atoms with Crippen LogP contribution in [0.15, 0.2) is 22.9 Å². The molecular weight excluding hydrogens is 344 g/mol. The fraction of sp³-hybridized carbons (Fsp3) is 0.688. The van der Waals surface area contributed by atoms with Gasteiger partial charge in [0.25, 0.3) is 0 Å². The van der Waals surface area contributed by atoms with Gasteiger partial charge in [-0.2, -0.15) is 0 Å². The van der Waals surface area contributed by atoms with Crippen molar-refractivity contribution in [1.82, 2.24) is 4.98 Å². The van der Waals surface area contributed by atoms with Crippen molar-refractivity contribution >= 4 is 29.9 Å². The molecule has 0 N–H and O–H groups in total. The fourth-order valence-corrected chi connectivity index (χ4v) is 4.18. The lowest BCUT2D eigenvalue weighted by atomic mass is 10.1. The van der Waals surface area contributed by atoms with Gasteiger partial charge in [-0.3, -0.25) is 0 Å². The predicted octanol–water partition coefficient (Wildman–Crippen LogP) is 4.83. The number of nitrogens with zero attached hydrogens (tertiary/aromatic N) is 2. The molecule has 1 saturated heterocycles. The summed E-state index contributed by atoms with van der Waals surface area (Å²) in [7, 11) is -1.68. The first-order chi connectivity index (χ1) is 9.69. The van der Waals surface area contributed by atoms with E-state index in [1.807, 2.05) is 6.20 Å². The fourth-order valence-electron chi connectivity index (χ4n) is 2.45. The van der Waals surface area contributed by atoms with Crippen LogP contribution in [0.1, 0.15) is 33.6 Å². The van der Waals surface area contributed by atoms with E-state index in [4.69, 9.17) is 4.43 Å². The SMILES string of the molecule is CC(C)(C)[Si](C)(C)O[C@H]1CCCN(c2ccnc(Br)c2)C1. The van der Waals surface area contributed by atoms with E-state index in [0.717, 1.165) is 17.7 Å². The van der Waals surface area contributed by atoms with Gasteiger partial charge >= 0.3 is 0 Å². The van der Waals surface area contributed by atoms with E-state index in [2.05, 4.69) is 71.8 Å². The number of aromatic nitrogens is 1. The Morgan fingerprint density at radius 3 is 2.71 bits per heavy atom. The number of rotatable bonds is 3. The van der Waals surface area contributed by atoms with Crippen LogP contribution in [0.2, 0.25) is 18.1 Å². The van der Waals surface area contributed by atoms with Gasteiger partial charge in [-0.05, 0) is 59.0 Å². The van der Waals surface area contributed by atoms with Crippen LogP contribution in [0, 0.1) is 0 Å². The molecule has 0 spiro atoms. The van der Waals surface area contributed by atoms with Crippen LogP contribution >= 0.6 is 15.9 Å². The maximum atomic E-state index is 6.60. The van der Waals surface area contributed by atoms with Crippen LogP contribution < -0.4 is 4.90 Å². The zero-order valence-electron chi connectivity index (χ0n) is 13.8. The van der Waals surface area contributed by atoms with E-state index in [1.165, 1.54) is 18.5 Å². The summed E-state index contributed by atoms with van der Waals surface area (Å²) in [4.78, 5) is 6.64. The summed E-state index contributed by atoms with van der Waals surface area (Å²) in [6.07, 6.45) is 4.58. The predicted molar refractivity (Wildman–Crippen MR) is 95.5 cm³/mol. The summed E-state index contributed by atoms with van der Waals surface area (Å²) < 4.78 is 7.49. The van der Waals surface area contributed by atoms with Crippen LogP contribution in [-0.4, -0.2) is 32.5 Å². The molecule has 1 aromatic heterocycles. The Labute approximate surface area is 138 Å². The minimum atomic E-state index is -1.68. The second-order valence-electron chi connectivity index (χ2n) is 7.43. The van der Waals surface area contributed by atoms with Crippen LogP contribution in [-0.2, 0) is 4.43 Å². The van der Waals surface area contributed by atoms with Crippen molar-refractivity contribution < 1.29 is 4.43 Å². The monoisotopic (exact) mass is 370 g/mol. The second-order valence-corrected chi connectivity index (χ2v) is 13.0. The molecule has 118 valence electrons. The molecule has 0 aromatic carbocycles. The zero-order chi connectivity index (χ0) is 15.7. The van der Waals surface area contributed by atoms with Crippen LogP contribution in [0.25, 0.3) is 0 Å². The van der Waals surface area contributed by atoms with Gasteiger partial charge < -0.3 is 9.33 Å². The standard InChI is InChI=1S/C16H27BrN2OSi/c1-16(2,3)21(4,5)20-14-7-6-10-19(12-14)13-8-9-18-15(17)11-13/h8-9,11,14H,6-7,10,12H2,1-5H3/t14-/m0/s1. The topological polar surface area (TPSA) is 25.4 Å². The highest BCUT2D eigenvalue weighted by Gasteiger charge is 2.39. The Morgan fingerprint density at radius 2 is 2.10 bits per heavy atom. The maximum Gasteiger partial charge on any atom is 0.192 e. The molecule has 1 aliphatic rings. The normalized spacial score (nSPS) is 20.7. The van der Waals surface area contributed by atoms with Crippen molar-refractivity contribution in [3.63, 3.8) is 0 Å². The molecule has 0 aliphatic carbocycles. The van der Waals surface area contributed by atoms with Crippen LogP contribution in [0.3, 0.4) is 0 Å². The number of pyridine rings is 1. The first-order valence-corrected chi connectivity index (χ1v) is 11.4. The van der Waals surface area contributed by atoms with Gasteiger partial charge in [0.1, 0.15) is 4.60 Å². The Hall–Kier alpha value is -0.393. The quantitative estimate of drug-likeness (QED) is 0.562.